The Morgan fingerprint density at radius 2 is 1.80 bits per heavy atom. The molecule has 0 aliphatic carbocycles. The van der Waals surface area contributed by atoms with Crippen LogP contribution in [0.3, 0.4) is 0 Å². The second-order valence-corrected chi connectivity index (χ2v) is 2.81. The van der Waals surface area contributed by atoms with E-state index in [-0.39, 0.29) is 0 Å². The molecule has 0 saturated heterocycles. The van der Waals surface area contributed by atoms with Crippen molar-refractivity contribution in [1.82, 2.24) is 10.1 Å². The van der Waals surface area contributed by atoms with Crippen molar-refractivity contribution in [2.75, 3.05) is 14.2 Å². The first-order valence-electron chi connectivity index (χ1n) is 4.26. The van der Waals surface area contributed by atoms with Crippen molar-refractivity contribution in [2.24, 2.45) is 0 Å². The fourth-order valence-corrected chi connectivity index (χ4v) is 1.20. The summed E-state index contributed by atoms with van der Waals surface area (Å²) in [5, 5.41) is 3.68. The van der Waals surface area contributed by atoms with Gasteiger partial charge >= 0.3 is 6.39 Å². The molecular formula is C10H9N2O3. The van der Waals surface area contributed by atoms with Crippen LogP contribution in [0.15, 0.2) is 22.7 Å². The van der Waals surface area contributed by atoms with E-state index in [4.69, 9.17) is 9.47 Å². The van der Waals surface area contributed by atoms with Crippen LogP contribution in [0.25, 0.3) is 11.4 Å². The maximum absolute atomic E-state index is 5.12. The summed E-state index contributed by atoms with van der Waals surface area (Å²) in [4.78, 5) is 3.82. The molecule has 0 spiro atoms. The van der Waals surface area contributed by atoms with E-state index in [0.29, 0.717) is 17.3 Å². The number of ether oxygens (including phenoxy) is 2. The lowest BCUT2D eigenvalue weighted by Crippen LogP contribution is -1.89. The van der Waals surface area contributed by atoms with Crippen LogP contribution in [-0.4, -0.2) is 24.4 Å². The van der Waals surface area contributed by atoms with Crippen LogP contribution in [0.5, 0.6) is 11.5 Å². The van der Waals surface area contributed by atoms with Gasteiger partial charge in [-0.1, -0.05) is 5.16 Å². The summed E-state index contributed by atoms with van der Waals surface area (Å²) >= 11 is 0. The lowest BCUT2D eigenvalue weighted by molar-refractivity contribution is 0.394. The van der Waals surface area contributed by atoms with Gasteiger partial charge in [-0.3, -0.25) is 0 Å². The highest BCUT2D eigenvalue weighted by Crippen LogP contribution is 2.27. The van der Waals surface area contributed by atoms with Crippen LogP contribution in [0.4, 0.5) is 0 Å². The van der Waals surface area contributed by atoms with Crippen molar-refractivity contribution in [1.29, 1.82) is 0 Å². The number of nitrogens with zero attached hydrogens (tertiary/aromatic N) is 2. The summed E-state index contributed by atoms with van der Waals surface area (Å²) in [7, 11) is 3.17. The van der Waals surface area contributed by atoms with E-state index >= 15 is 0 Å². The molecule has 0 amide bonds. The molecular weight excluding hydrogens is 196 g/mol. The molecule has 1 aromatic heterocycles. The van der Waals surface area contributed by atoms with Crippen molar-refractivity contribution < 1.29 is 14.0 Å². The van der Waals surface area contributed by atoms with Gasteiger partial charge in [-0.2, -0.15) is 4.98 Å². The van der Waals surface area contributed by atoms with E-state index < -0.39 is 0 Å². The normalized spacial score (nSPS) is 10.0. The van der Waals surface area contributed by atoms with E-state index in [2.05, 4.69) is 21.1 Å². The molecule has 2 rings (SSSR count). The summed E-state index contributed by atoms with van der Waals surface area (Å²) in [5.74, 6) is 1.80. The molecule has 0 aliphatic heterocycles. The molecule has 1 aromatic carbocycles. The van der Waals surface area contributed by atoms with Gasteiger partial charge in [0, 0.05) is 11.6 Å². The van der Waals surface area contributed by atoms with Crippen molar-refractivity contribution in [3.05, 3.63) is 24.6 Å². The van der Waals surface area contributed by atoms with Gasteiger partial charge in [-0.05, 0) is 12.1 Å². The van der Waals surface area contributed by atoms with E-state index in [1.807, 2.05) is 0 Å². The zero-order chi connectivity index (χ0) is 10.7. The lowest BCUT2D eigenvalue weighted by Gasteiger charge is -2.05. The Labute approximate surface area is 86.6 Å². The van der Waals surface area contributed by atoms with Gasteiger partial charge < -0.3 is 14.0 Å². The molecule has 0 unspecified atom stereocenters. The Kier molecular flexibility index (Phi) is 2.53. The van der Waals surface area contributed by atoms with E-state index in [9.17, 15) is 0 Å². The third kappa shape index (κ3) is 1.90. The van der Waals surface area contributed by atoms with Crippen LogP contribution in [0.2, 0.25) is 0 Å². The molecule has 77 valence electrons. The van der Waals surface area contributed by atoms with Crippen molar-refractivity contribution in [3.63, 3.8) is 0 Å². The Balaban J connectivity index is 2.47. The molecule has 5 heteroatoms. The molecule has 1 radical (unpaired) electrons. The van der Waals surface area contributed by atoms with Crippen molar-refractivity contribution in [3.8, 4) is 22.9 Å². The van der Waals surface area contributed by atoms with Gasteiger partial charge in [0.05, 0.1) is 14.2 Å². The van der Waals surface area contributed by atoms with Gasteiger partial charge in [-0.25, -0.2) is 0 Å². The summed E-state index contributed by atoms with van der Waals surface area (Å²) in [6.45, 7) is 0. The first-order chi connectivity index (χ1) is 7.33. The zero-order valence-corrected chi connectivity index (χ0v) is 8.35. The SMILES string of the molecule is COc1cc(OC)cc(-c2n[c]on2)c1. The monoisotopic (exact) mass is 205 g/mol. The highest BCUT2D eigenvalue weighted by atomic mass is 16.5. The van der Waals surface area contributed by atoms with E-state index in [0.717, 1.165) is 5.56 Å². The minimum absolute atomic E-state index is 0.451. The second kappa shape index (κ2) is 4.00. The second-order valence-electron chi connectivity index (χ2n) is 2.81. The average Bonchev–Trinajstić information content (AvgIpc) is 2.81. The summed E-state index contributed by atoms with van der Waals surface area (Å²) in [6.07, 6.45) is 2.29. The number of hydrogen-bond donors (Lipinski definition) is 0. The summed E-state index contributed by atoms with van der Waals surface area (Å²) < 4.78 is 14.8. The van der Waals surface area contributed by atoms with Crippen LogP contribution in [-0.2, 0) is 0 Å². The fraction of sp³-hybridized carbons (Fsp3) is 0.200. The Morgan fingerprint density at radius 1 is 1.13 bits per heavy atom. The minimum atomic E-state index is 0.451. The maximum Gasteiger partial charge on any atom is 0.316 e. The molecule has 0 fully saturated rings. The summed E-state index contributed by atoms with van der Waals surface area (Å²) in [5.41, 5.74) is 0.760. The predicted octanol–water partition coefficient (Wildman–Crippen LogP) is 1.55. The number of hydrogen-bond acceptors (Lipinski definition) is 5. The maximum atomic E-state index is 5.12. The predicted molar refractivity (Wildman–Crippen MR) is 51.7 cm³/mol. The first-order valence-corrected chi connectivity index (χ1v) is 4.26. The number of rotatable bonds is 3. The molecule has 1 heterocycles. The van der Waals surface area contributed by atoms with Gasteiger partial charge in [0.15, 0.2) is 0 Å². The fourth-order valence-electron chi connectivity index (χ4n) is 1.20. The Hall–Kier alpha value is -2.04. The van der Waals surface area contributed by atoms with Crippen molar-refractivity contribution in [2.45, 2.75) is 0 Å². The summed E-state index contributed by atoms with van der Waals surface area (Å²) in [6, 6.07) is 5.36. The largest absolute Gasteiger partial charge is 0.497 e. The molecule has 0 atom stereocenters. The molecule has 2 aromatic rings. The number of aromatic nitrogens is 2. The molecule has 0 aliphatic rings. The molecule has 0 N–H and O–H groups in total. The van der Waals surface area contributed by atoms with Gasteiger partial charge in [0.2, 0.25) is 5.82 Å². The van der Waals surface area contributed by atoms with E-state index in [1.54, 1.807) is 32.4 Å². The van der Waals surface area contributed by atoms with Crippen molar-refractivity contribution >= 4 is 0 Å². The third-order valence-corrected chi connectivity index (χ3v) is 1.93. The van der Waals surface area contributed by atoms with Crippen LogP contribution in [0.1, 0.15) is 0 Å². The lowest BCUT2D eigenvalue weighted by atomic mass is 10.2. The van der Waals surface area contributed by atoms with Crippen LogP contribution >= 0.6 is 0 Å². The van der Waals surface area contributed by atoms with Gasteiger partial charge in [0.25, 0.3) is 0 Å². The van der Waals surface area contributed by atoms with Crippen LogP contribution in [0, 0.1) is 6.39 Å². The van der Waals surface area contributed by atoms with Gasteiger partial charge in [-0.15, -0.1) is 0 Å². The Morgan fingerprint density at radius 3 is 2.27 bits per heavy atom. The average molecular weight is 205 g/mol. The number of methoxy groups -OCH3 is 2. The number of benzene rings is 1. The molecule has 0 saturated carbocycles. The smallest absolute Gasteiger partial charge is 0.316 e. The molecule has 0 bridgehead atoms. The van der Waals surface area contributed by atoms with E-state index in [1.165, 1.54) is 0 Å². The topological polar surface area (TPSA) is 57.4 Å². The quantitative estimate of drug-likeness (QED) is 0.760. The van der Waals surface area contributed by atoms with Gasteiger partial charge in [0.1, 0.15) is 11.5 Å². The highest BCUT2D eigenvalue weighted by molar-refractivity contribution is 5.60. The third-order valence-electron chi connectivity index (χ3n) is 1.93. The standard InChI is InChI=1S/C10H9N2O3/c1-13-8-3-7(4-9(5-8)14-2)10-11-6-15-12-10/h3-5H,1-2H3. The first kappa shape index (κ1) is 9.51. The van der Waals surface area contributed by atoms with Crippen LogP contribution < -0.4 is 9.47 Å². The minimum Gasteiger partial charge on any atom is -0.497 e. The zero-order valence-electron chi connectivity index (χ0n) is 8.35. The highest BCUT2D eigenvalue weighted by Gasteiger charge is 2.07. The Bertz CT molecular complexity index is 418. The molecule has 5 nitrogen and oxygen atoms in total. The molecule has 15 heavy (non-hydrogen) atoms.